The Morgan fingerprint density at radius 2 is 1.80 bits per heavy atom. The van der Waals surface area contributed by atoms with Crippen LogP contribution in [0.2, 0.25) is 0 Å². The summed E-state index contributed by atoms with van der Waals surface area (Å²) in [6.07, 6.45) is 0. The zero-order chi connectivity index (χ0) is 18.6. The number of hydrogen-bond donors (Lipinski definition) is 2. The van der Waals surface area contributed by atoms with Crippen LogP contribution in [0.1, 0.15) is 29.8 Å². The maximum atomic E-state index is 12.7. The van der Waals surface area contributed by atoms with Crippen molar-refractivity contribution in [3.8, 4) is 5.75 Å². The van der Waals surface area contributed by atoms with Crippen LogP contribution >= 0.6 is 0 Å². The van der Waals surface area contributed by atoms with E-state index in [4.69, 9.17) is 4.74 Å². The third-order valence-corrected chi connectivity index (χ3v) is 4.88. The van der Waals surface area contributed by atoms with E-state index >= 15 is 0 Å². The molecule has 0 radical (unpaired) electrons. The first-order valence-corrected chi connectivity index (χ1v) is 9.30. The van der Waals surface area contributed by atoms with Crippen molar-refractivity contribution in [3.05, 3.63) is 53.6 Å². The summed E-state index contributed by atoms with van der Waals surface area (Å²) >= 11 is 0. The van der Waals surface area contributed by atoms with E-state index in [1.165, 1.54) is 19.2 Å². The number of sulfonamides is 1. The second-order valence-corrected chi connectivity index (χ2v) is 7.59. The number of aryl methyl sites for hydroxylation is 1. The molecular weight excluding hydrogens is 340 g/mol. The van der Waals surface area contributed by atoms with Crippen molar-refractivity contribution in [2.24, 2.45) is 0 Å². The van der Waals surface area contributed by atoms with Crippen LogP contribution in [0.5, 0.6) is 5.75 Å². The Kier molecular flexibility index (Phi) is 5.69. The number of hydrogen-bond acceptors (Lipinski definition) is 4. The topological polar surface area (TPSA) is 84.5 Å². The summed E-state index contributed by atoms with van der Waals surface area (Å²) in [7, 11) is -2.30. The fourth-order valence-electron chi connectivity index (χ4n) is 2.33. The standard InChI is InChI=1S/C18H22N2O4S/c1-12(2)19-18(21)15-7-5-6-8-16(15)20-25(22,23)14-9-10-17(24-4)13(3)11-14/h5-12,20H,1-4H3,(H,19,21). The van der Waals surface area contributed by atoms with Crippen molar-refractivity contribution in [2.75, 3.05) is 11.8 Å². The molecule has 7 heteroatoms. The van der Waals surface area contributed by atoms with E-state index in [0.717, 1.165) is 0 Å². The SMILES string of the molecule is COc1ccc(S(=O)(=O)Nc2ccccc2C(=O)NC(C)C)cc1C. The minimum absolute atomic E-state index is 0.0543. The number of carbonyl (C=O) groups excluding carboxylic acids is 1. The van der Waals surface area contributed by atoms with Gasteiger partial charge in [0.05, 0.1) is 23.3 Å². The molecule has 0 aliphatic heterocycles. The fourth-order valence-corrected chi connectivity index (χ4v) is 3.50. The van der Waals surface area contributed by atoms with Gasteiger partial charge < -0.3 is 10.1 Å². The molecule has 134 valence electrons. The third kappa shape index (κ3) is 4.51. The summed E-state index contributed by atoms with van der Waals surface area (Å²) in [5, 5.41) is 2.76. The van der Waals surface area contributed by atoms with Crippen molar-refractivity contribution in [2.45, 2.75) is 31.7 Å². The lowest BCUT2D eigenvalue weighted by Gasteiger charge is -2.14. The molecule has 0 bridgehead atoms. The number of ether oxygens (including phenoxy) is 1. The fraction of sp³-hybridized carbons (Fsp3) is 0.278. The van der Waals surface area contributed by atoms with Gasteiger partial charge in [0.25, 0.3) is 15.9 Å². The van der Waals surface area contributed by atoms with Crippen LogP contribution in [0.25, 0.3) is 0 Å². The second kappa shape index (κ2) is 7.57. The predicted octanol–water partition coefficient (Wildman–Crippen LogP) is 2.94. The number of rotatable bonds is 6. The van der Waals surface area contributed by atoms with E-state index in [1.54, 1.807) is 37.3 Å². The Morgan fingerprint density at radius 1 is 1.12 bits per heavy atom. The predicted molar refractivity (Wildman–Crippen MR) is 97.6 cm³/mol. The van der Waals surface area contributed by atoms with Crippen molar-refractivity contribution in [1.82, 2.24) is 5.32 Å². The van der Waals surface area contributed by atoms with Crippen LogP contribution in [0.4, 0.5) is 5.69 Å². The highest BCUT2D eigenvalue weighted by atomic mass is 32.2. The minimum atomic E-state index is -3.83. The number of nitrogens with one attached hydrogen (secondary N) is 2. The highest BCUT2D eigenvalue weighted by molar-refractivity contribution is 7.92. The molecule has 0 unspecified atom stereocenters. The number of anilines is 1. The lowest BCUT2D eigenvalue weighted by Crippen LogP contribution is -2.31. The van der Waals surface area contributed by atoms with Gasteiger partial charge in [-0.1, -0.05) is 12.1 Å². The van der Waals surface area contributed by atoms with Crippen molar-refractivity contribution in [1.29, 1.82) is 0 Å². The lowest BCUT2D eigenvalue weighted by atomic mass is 10.1. The number of methoxy groups -OCH3 is 1. The van der Waals surface area contributed by atoms with Gasteiger partial charge in [-0.05, 0) is 56.7 Å². The summed E-state index contributed by atoms with van der Waals surface area (Å²) in [5.74, 6) is 0.273. The van der Waals surface area contributed by atoms with E-state index in [9.17, 15) is 13.2 Å². The zero-order valence-electron chi connectivity index (χ0n) is 14.7. The first-order chi connectivity index (χ1) is 11.7. The molecule has 0 saturated heterocycles. The number of carbonyl (C=O) groups is 1. The highest BCUT2D eigenvalue weighted by Crippen LogP contribution is 2.24. The van der Waals surface area contributed by atoms with E-state index in [2.05, 4.69) is 10.0 Å². The molecule has 2 N–H and O–H groups in total. The molecule has 2 aromatic rings. The second-order valence-electron chi connectivity index (χ2n) is 5.91. The zero-order valence-corrected chi connectivity index (χ0v) is 15.5. The average molecular weight is 362 g/mol. The molecule has 0 aliphatic rings. The molecule has 2 rings (SSSR count). The molecule has 0 spiro atoms. The van der Waals surface area contributed by atoms with Crippen LogP contribution in [0.15, 0.2) is 47.4 Å². The van der Waals surface area contributed by atoms with Gasteiger partial charge in [-0.3, -0.25) is 9.52 Å². The van der Waals surface area contributed by atoms with Crippen LogP contribution < -0.4 is 14.8 Å². The summed E-state index contributed by atoms with van der Waals surface area (Å²) in [6.45, 7) is 5.44. The summed E-state index contributed by atoms with van der Waals surface area (Å²) in [4.78, 5) is 12.4. The van der Waals surface area contributed by atoms with Gasteiger partial charge in [-0.2, -0.15) is 0 Å². The van der Waals surface area contributed by atoms with Crippen LogP contribution in [0.3, 0.4) is 0 Å². The Labute approximate surface area is 148 Å². The number of benzene rings is 2. The lowest BCUT2D eigenvalue weighted by molar-refractivity contribution is 0.0944. The van der Waals surface area contributed by atoms with Crippen molar-refractivity contribution >= 4 is 21.6 Å². The van der Waals surface area contributed by atoms with Crippen LogP contribution in [-0.4, -0.2) is 27.5 Å². The quantitative estimate of drug-likeness (QED) is 0.827. The van der Waals surface area contributed by atoms with Crippen LogP contribution in [-0.2, 0) is 10.0 Å². The largest absolute Gasteiger partial charge is 0.496 e. The maximum Gasteiger partial charge on any atom is 0.261 e. The van der Waals surface area contributed by atoms with E-state index in [-0.39, 0.29) is 28.1 Å². The smallest absolute Gasteiger partial charge is 0.261 e. The first kappa shape index (κ1) is 18.8. The Balaban J connectivity index is 2.35. The van der Waals surface area contributed by atoms with Gasteiger partial charge in [0.15, 0.2) is 0 Å². The molecule has 0 atom stereocenters. The normalized spacial score (nSPS) is 11.2. The molecule has 2 aromatic carbocycles. The van der Waals surface area contributed by atoms with Crippen molar-refractivity contribution < 1.29 is 17.9 Å². The van der Waals surface area contributed by atoms with Gasteiger partial charge in [-0.15, -0.1) is 0 Å². The molecular formula is C18H22N2O4S. The first-order valence-electron chi connectivity index (χ1n) is 7.82. The maximum absolute atomic E-state index is 12.7. The molecule has 0 heterocycles. The van der Waals surface area contributed by atoms with Gasteiger partial charge >= 0.3 is 0 Å². The third-order valence-electron chi connectivity index (χ3n) is 3.51. The molecule has 6 nitrogen and oxygen atoms in total. The van der Waals surface area contributed by atoms with E-state index < -0.39 is 10.0 Å². The van der Waals surface area contributed by atoms with Gasteiger partial charge in [0, 0.05) is 6.04 Å². The van der Waals surface area contributed by atoms with Gasteiger partial charge in [0.2, 0.25) is 0 Å². The minimum Gasteiger partial charge on any atom is -0.496 e. The van der Waals surface area contributed by atoms with Crippen LogP contribution in [0, 0.1) is 6.92 Å². The van der Waals surface area contributed by atoms with Gasteiger partial charge in [0.1, 0.15) is 5.75 Å². The highest BCUT2D eigenvalue weighted by Gasteiger charge is 2.19. The van der Waals surface area contributed by atoms with Crippen molar-refractivity contribution in [3.63, 3.8) is 0 Å². The Morgan fingerprint density at radius 3 is 2.40 bits per heavy atom. The average Bonchev–Trinajstić information content (AvgIpc) is 2.54. The molecule has 1 amide bonds. The van der Waals surface area contributed by atoms with Gasteiger partial charge in [-0.25, -0.2) is 8.42 Å². The summed E-state index contributed by atoms with van der Waals surface area (Å²) in [6, 6.07) is 11.0. The number of amides is 1. The Hall–Kier alpha value is -2.54. The molecule has 25 heavy (non-hydrogen) atoms. The summed E-state index contributed by atoms with van der Waals surface area (Å²) < 4.78 is 33.0. The van der Waals surface area contributed by atoms with E-state index in [0.29, 0.717) is 11.3 Å². The molecule has 0 saturated carbocycles. The molecule has 0 fully saturated rings. The van der Waals surface area contributed by atoms with E-state index in [1.807, 2.05) is 13.8 Å². The number of para-hydroxylation sites is 1. The Bertz CT molecular complexity index is 876. The molecule has 0 aliphatic carbocycles. The summed E-state index contributed by atoms with van der Waals surface area (Å²) in [5.41, 5.74) is 1.20. The molecule has 0 aromatic heterocycles. The monoisotopic (exact) mass is 362 g/mol.